The second-order valence-corrected chi connectivity index (χ2v) is 13.1. The van der Waals surface area contributed by atoms with Crippen molar-refractivity contribution in [3.63, 3.8) is 0 Å². The van der Waals surface area contributed by atoms with Crippen LogP contribution in [0.2, 0.25) is 5.02 Å². The Bertz CT molecular complexity index is 1410. The van der Waals surface area contributed by atoms with Gasteiger partial charge in [-0.3, -0.25) is 0 Å². The molecule has 5 rings (SSSR count). The Hall–Kier alpha value is -2.14. The van der Waals surface area contributed by atoms with Crippen LogP contribution in [0.5, 0.6) is 5.88 Å². The fourth-order valence-corrected chi connectivity index (χ4v) is 6.48. The molecule has 0 spiro atoms. The second-order valence-electron chi connectivity index (χ2n) is 11.9. The number of rotatable bonds is 6. The number of ether oxygens (including phenoxy) is 2. The predicted molar refractivity (Wildman–Crippen MR) is 158 cm³/mol. The highest BCUT2D eigenvalue weighted by atomic mass is 79.9. The Morgan fingerprint density at radius 1 is 1.25 bits per heavy atom. The fourth-order valence-electron chi connectivity index (χ4n) is 5.99. The van der Waals surface area contributed by atoms with E-state index in [-0.39, 0.29) is 45.8 Å². The van der Waals surface area contributed by atoms with Gasteiger partial charge in [-0.05, 0) is 94.5 Å². The molecule has 1 amide bonds. The molecule has 8 nitrogen and oxygen atoms in total. The number of fused-ring (bicyclic) bond motifs is 3. The Morgan fingerprint density at radius 3 is 2.70 bits per heavy atom. The molecule has 3 atom stereocenters. The molecule has 4 heterocycles. The number of carbonyl (C=O) groups excluding carboxylic acids is 1. The molecule has 0 bridgehead atoms. The average Bonchev–Trinajstić information content (AvgIpc) is 3.52. The van der Waals surface area contributed by atoms with Gasteiger partial charge in [0, 0.05) is 42.9 Å². The van der Waals surface area contributed by atoms with Crippen LogP contribution in [-0.4, -0.2) is 81.6 Å². The number of benzene rings is 1. The van der Waals surface area contributed by atoms with Crippen molar-refractivity contribution in [1.82, 2.24) is 19.4 Å². The summed E-state index contributed by atoms with van der Waals surface area (Å²) >= 11 is 9.69. The van der Waals surface area contributed by atoms with E-state index < -0.39 is 11.4 Å². The van der Waals surface area contributed by atoms with E-state index in [4.69, 9.17) is 21.1 Å². The predicted octanol–water partition coefficient (Wildman–Crippen LogP) is 6.54. The highest BCUT2D eigenvalue weighted by molar-refractivity contribution is 9.10. The highest BCUT2D eigenvalue weighted by Gasteiger charge is 2.35. The monoisotopic (exact) mass is 638 g/mol. The minimum atomic E-state index is -0.610. The Kier molecular flexibility index (Phi) is 8.53. The number of aliphatic hydroxyl groups is 1. The number of amides is 1. The van der Waals surface area contributed by atoms with Crippen molar-refractivity contribution < 1.29 is 23.8 Å². The zero-order valence-electron chi connectivity index (χ0n) is 23.4. The summed E-state index contributed by atoms with van der Waals surface area (Å²) in [6, 6.07) is 3.79. The van der Waals surface area contributed by atoms with Crippen molar-refractivity contribution in [1.29, 1.82) is 0 Å². The molecule has 2 aliphatic heterocycles. The maximum atomic E-state index is 15.5. The maximum absolute atomic E-state index is 15.5. The number of carbonyl (C=O) groups is 1. The Balaban J connectivity index is 1.54. The lowest BCUT2D eigenvalue weighted by molar-refractivity contribution is 0.00238. The molecule has 2 saturated heterocycles. The largest absolute Gasteiger partial charge is 0.476 e. The van der Waals surface area contributed by atoms with E-state index in [1.165, 1.54) is 0 Å². The molecule has 0 radical (unpaired) electrons. The highest BCUT2D eigenvalue weighted by Crippen LogP contribution is 2.41. The van der Waals surface area contributed by atoms with Crippen molar-refractivity contribution >= 4 is 55.4 Å². The molecule has 0 saturated carbocycles. The lowest BCUT2D eigenvalue weighted by Crippen LogP contribution is -2.48. The van der Waals surface area contributed by atoms with Crippen LogP contribution in [-0.2, 0) is 4.74 Å². The SMILES string of the molecule is CN1CCC[C@H]1COc1nc2c(F)c(Br)c(Cl)cc2c2c1ccn2[C@H]1CCN(C(=O)OC(C)(C)C)[C@H](CCO)C1. The first-order valence-electron chi connectivity index (χ1n) is 13.9. The van der Waals surface area contributed by atoms with Crippen LogP contribution in [0.15, 0.2) is 22.8 Å². The molecule has 0 aliphatic carbocycles. The molecule has 2 fully saturated rings. The van der Waals surface area contributed by atoms with Gasteiger partial charge in [-0.2, -0.15) is 0 Å². The van der Waals surface area contributed by atoms with E-state index in [9.17, 15) is 9.90 Å². The standard InChI is InChI=1S/C29H37BrClFN4O4/c1-29(2,3)40-28(38)36-11-7-17(14-18(36)9-13-37)35-12-8-20-26(35)21-15-22(31)23(30)24(32)25(21)33-27(20)39-16-19-6-5-10-34(19)4/h8,12,15,17-19,37H,5-7,9-11,13-14,16H2,1-4H3/t17-,18+,19-/m0/s1. The van der Waals surface area contributed by atoms with Gasteiger partial charge in [-0.15, -0.1) is 0 Å². The van der Waals surface area contributed by atoms with E-state index in [2.05, 4.69) is 37.4 Å². The molecular weight excluding hydrogens is 603 g/mol. The van der Waals surface area contributed by atoms with Crippen molar-refractivity contribution in [3.05, 3.63) is 33.6 Å². The number of likely N-dealkylation sites (tertiary alicyclic amines) is 2. The van der Waals surface area contributed by atoms with E-state index >= 15 is 4.39 Å². The van der Waals surface area contributed by atoms with Gasteiger partial charge in [-0.25, -0.2) is 14.2 Å². The molecule has 2 aliphatic rings. The number of aromatic nitrogens is 2. The minimum absolute atomic E-state index is 0.00219. The van der Waals surface area contributed by atoms with Crippen molar-refractivity contribution in [2.75, 3.05) is 33.4 Å². The summed E-state index contributed by atoms with van der Waals surface area (Å²) in [5, 5.41) is 11.5. The van der Waals surface area contributed by atoms with E-state index in [0.717, 1.165) is 30.3 Å². The third kappa shape index (κ3) is 5.78. The van der Waals surface area contributed by atoms with Gasteiger partial charge in [0.05, 0.1) is 20.4 Å². The third-order valence-corrected chi connectivity index (χ3v) is 9.31. The number of piperidine rings is 1. The van der Waals surface area contributed by atoms with E-state index in [1.807, 2.05) is 33.0 Å². The molecule has 3 aromatic rings. The summed E-state index contributed by atoms with van der Waals surface area (Å²) in [4.78, 5) is 21.6. The van der Waals surface area contributed by atoms with Crippen molar-refractivity contribution in [2.45, 2.75) is 76.6 Å². The molecule has 40 heavy (non-hydrogen) atoms. The molecule has 2 aromatic heterocycles. The summed E-state index contributed by atoms with van der Waals surface area (Å²) < 4.78 is 29.8. The zero-order valence-corrected chi connectivity index (χ0v) is 25.8. The molecule has 1 N–H and O–H groups in total. The number of nitrogens with zero attached hydrogens (tertiary/aromatic N) is 4. The van der Waals surface area contributed by atoms with Gasteiger partial charge >= 0.3 is 6.09 Å². The molecule has 0 unspecified atom stereocenters. The number of hydrogen-bond donors (Lipinski definition) is 1. The lowest BCUT2D eigenvalue weighted by atomic mass is 9.95. The summed E-state index contributed by atoms with van der Waals surface area (Å²) in [6.45, 7) is 7.47. The topological polar surface area (TPSA) is 80.1 Å². The Labute approximate surface area is 247 Å². The summed E-state index contributed by atoms with van der Waals surface area (Å²) in [6.07, 6.45) is 5.51. The number of aliphatic hydroxyl groups excluding tert-OH is 1. The van der Waals surface area contributed by atoms with Crippen LogP contribution in [0.1, 0.15) is 58.9 Å². The van der Waals surface area contributed by atoms with Gasteiger partial charge in [0.2, 0.25) is 5.88 Å². The minimum Gasteiger partial charge on any atom is -0.476 e. The van der Waals surface area contributed by atoms with Crippen LogP contribution in [0.4, 0.5) is 9.18 Å². The zero-order chi connectivity index (χ0) is 28.8. The van der Waals surface area contributed by atoms with Crippen LogP contribution in [0, 0.1) is 5.82 Å². The van der Waals surface area contributed by atoms with E-state index in [1.54, 1.807) is 11.0 Å². The van der Waals surface area contributed by atoms with Crippen LogP contribution < -0.4 is 4.74 Å². The normalized spacial score (nSPS) is 22.4. The van der Waals surface area contributed by atoms with Gasteiger partial charge < -0.3 is 28.9 Å². The van der Waals surface area contributed by atoms with Gasteiger partial charge in [0.15, 0.2) is 5.82 Å². The van der Waals surface area contributed by atoms with Crippen molar-refractivity contribution in [2.24, 2.45) is 0 Å². The first-order chi connectivity index (χ1) is 19.0. The number of pyridine rings is 1. The third-order valence-electron chi connectivity index (χ3n) is 8.01. The van der Waals surface area contributed by atoms with Crippen LogP contribution >= 0.6 is 27.5 Å². The smallest absolute Gasteiger partial charge is 0.410 e. The first-order valence-corrected chi connectivity index (χ1v) is 15.1. The van der Waals surface area contributed by atoms with E-state index in [0.29, 0.717) is 43.7 Å². The lowest BCUT2D eigenvalue weighted by Gasteiger charge is -2.40. The second kappa shape index (κ2) is 11.6. The first kappa shape index (κ1) is 29.4. The fraction of sp³-hybridized carbons (Fsp3) is 0.586. The summed E-state index contributed by atoms with van der Waals surface area (Å²) in [7, 11) is 2.09. The van der Waals surface area contributed by atoms with Crippen molar-refractivity contribution in [3.8, 4) is 5.88 Å². The quantitative estimate of drug-likeness (QED) is 0.309. The number of likely N-dealkylation sites (N-methyl/N-ethyl adjacent to an activating group) is 1. The van der Waals surface area contributed by atoms with Gasteiger partial charge in [0.25, 0.3) is 0 Å². The number of hydrogen-bond acceptors (Lipinski definition) is 6. The summed E-state index contributed by atoms with van der Waals surface area (Å²) in [5.41, 5.74) is 0.379. The average molecular weight is 640 g/mol. The number of halogens is 3. The molecule has 218 valence electrons. The van der Waals surface area contributed by atoms with Gasteiger partial charge in [-0.1, -0.05) is 11.6 Å². The molecular formula is C29H37BrClFN4O4. The van der Waals surface area contributed by atoms with Crippen LogP contribution in [0.3, 0.4) is 0 Å². The molecule has 1 aromatic carbocycles. The molecule has 11 heteroatoms. The van der Waals surface area contributed by atoms with Crippen LogP contribution in [0.25, 0.3) is 21.8 Å². The van der Waals surface area contributed by atoms with Gasteiger partial charge in [0.1, 0.15) is 17.7 Å². The maximum Gasteiger partial charge on any atom is 0.410 e. The summed E-state index contributed by atoms with van der Waals surface area (Å²) in [5.74, 6) is -0.134. The Morgan fingerprint density at radius 2 is 2.02 bits per heavy atom.